The number of anilines is 2. The van der Waals surface area contributed by atoms with Gasteiger partial charge in [0.1, 0.15) is 5.69 Å². The Labute approximate surface area is 203 Å². The van der Waals surface area contributed by atoms with Gasteiger partial charge in [-0.15, -0.1) is 11.3 Å². The molecule has 0 saturated carbocycles. The number of thiazole rings is 1. The fourth-order valence-corrected chi connectivity index (χ4v) is 3.94. The number of carbonyl (C=O) groups is 1. The number of carbonyl (C=O) groups excluding carboxylic acids is 1. The van der Waals surface area contributed by atoms with E-state index in [1.165, 1.54) is 36.8 Å². The molecule has 0 bridgehead atoms. The van der Waals surface area contributed by atoms with E-state index >= 15 is 0 Å². The van der Waals surface area contributed by atoms with Crippen molar-refractivity contribution >= 4 is 28.1 Å². The molecule has 1 amide bonds. The zero-order chi connectivity index (χ0) is 25.9. The molecule has 1 heterocycles. The number of aliphatic hydroxyl groups is 6. The summed E-state index contributed by atoms with van der Waals surface area (Å²) in [6.07, 6.45) is -1.83. The van der Waals surface area contributed by atoms with Gasteiger partial charge in [-0.1, -0.05) is 42.5 Å². The molecule has 0 radical (unpaired) electrons. The fourth-order valence-electron chi connectivity index (χ4n) is 3.34. The molecule has 0 spiro atoms. The summed E-state index contributed by atoms with van der Waals surface area (Å²) in [5.41, 5.74) is 6.01. The van der Waals surface area contributed by atoms with E-state index in [-0.39, 0.29) is 16.5 Å². The lowest BCUT2D eigenvalue weighted by Crippen LogP contribution is -2.62. The summed E-state index contributed by atoms with van der Waals surface area (Å²) < 4.78 is 5.13. The van der Waals surface area contributed by atoms with Gasteiger partial charge in [-0.3, -0.25) is 4.79 Å². The van der Waals surface area contributed by atoms with E-state index in [9.17, 15) is 35.4 Å². The number of nitrogens with zero attached hydrogens (tertiary/aromatic N) is 1. The molecule has 13 heteroatoms. The Morgan fingerprint density at radius 1 is 1.06 bits per heavy atom. The monoisotopic (exact) mass is 506 g/mol. The SMILES string of the molecule is COC(c1ccccc1)C(O)(O)NC(O)(O)Cc1ccc(NC(=O)C(O)(O)c2csc(N)n2)cc1. The average Bonchev–Trinajstić information content (AvgIpc) is 3.22. The molecule has 35 heavy (non-hydrogen) atoms. The van der Waals surface area contributed by atoms with Crippen molar-refractivity contribution in [2.75, 3.05) is 18.2 Å². The minimum absolute atomic E-state index is 0.0603. The zero-order valence-corrected chi connectivity index (χ0v) is 19.3. The van der Waals surface area contributed by atoms with Crippen molar-refractivity contribution in [3.8, 4) is 0 Å². The maximum Gasteiger partial charge on any atom is 0.291 e. The Bertz CT molecular complexity index is 1140. The molecule has 3 aromatic rings. The van der Waals surface area contributed by atoms with Crippen LogP contribution in [-0.4, -0.2) is 60.5 Å². The highest BCUT2D eigenvalue weighted by Gasteiger charge is 2.43. The van der Waals surface area contributed by atoms with Crippen LogP contribution in [0.2, 0.25) is 0 Å². The second-order valence-corrected chi connectivity index (χ2v) is 8.65. The number of benzene rings is 2. The molecule has 3 rings (SSSR count). The van der Waals surface area contributed by atoms with Gasteiger partial charge in [0.2, 0.25) is 5.91 Å². The first kappa shape index (κ1) is 26.6. The van der Waals surface area contributed by atoms with E-state index in [1.54, 1.807) is 30.3 Å². The summed E-state index contributed by atoms with van der Waals surface area (Å²) in [6.45, 7) is 0. The molecular weight excluding hydrogens is 480 g/mol. The minimum Gasteiger partial charge on any atom is -0.375 e. The van der Waals surface area contributed by atoms with Crippen LogP contribution in [0.1, 0.15) is 22.9 Å². The van der Waals surface area contributed by atoms with Crippen LogP contribution in [0.4, 0.5) is 10.8 Å². The highest BCUT2D eigenvalue weighted by atomic mass is 32.1. The quantitative estimate of drug-likeness (QED) is 0.157. The molecule has 2 aromatic carbocycles. The van der Waals surface area contributed by atoms with Crippen LogP contribution in [0, 0.1) is 0 Å². The molecule has 10 N–H and O–H groups in total. The van der Waals surface area contributed by atoms with E-state index in [4.69, 9.17) is 10.5 Å². The Morgan fingerprint density at radius 3 is 2.23 bits per heavy atom. The molecule has 0 fully saturated rings. The van der Waals surface area contributed by atoms with E-state index in [0.717, 1.165) is 11.3 Å². The van der Waals surface area contributed by atoms with Gasteiger partial charge >= 0.3 is 0 Å². The van der Waals surface area contributed by atoms with Crippen molar-refractivity contribution < 1.29 is 40.2 Å². The van der Waals surface area contributed by atoms with Gasteiger partial charge in [-0.25, -0.2) is 10.3 Å². The van der Waals surface area contributed by atoms with Crippen LogP contribution in [0.15, 0.2) is 60.0 Å². The number of amides is 1. The van der Waals surface area contributed by atoms with Gasteiger partial charge in [-0.05, 0) is 23.3 Å². The van der Waals surface area contributed by atoms with Gasteiger partial charge in [0.25, 0.3) is 17.6 Å². The van der Waals surface area contributed by atoms with Crippen LogP contribution in [0.3, 0.4) is 0 Å². The van der Waals surface area contributed by atoms with Gasteiger partial charge in [0, 0.05) is 24.6 Å². The highest BCUT2D eigenvalue weighted by molar-refractivity contribution is 7.13. The smallest absolute Gasteiger partial charge is 0.291 e. The number of methoxy groups -OCH3 is 1. The summed E-state index contributed by atoms with van der Waals surface area (Å²) >= 11 is 0.938. The molecule has 12 nitrogen and oxygen atoms in total. The third-order valence-electron chi connectivity index (χ3n) is 4.95. The summed E-state index contributed by atoms with van der Waals surface area (Å²) in [5.74, 6) is -9.70. The van der Waals surface area contributed by atoms with Gasteiger partial charge in [0.05, 0.1) is 0 Å². The number of aromatic nitrogens is 1. The third-order valence-corrected chi connectivity index (χ3v) is 5.62. The van der Waals surface area contributed by atoms with E-state index < -0.39 is 36.0 Å². The molecule has 1 unspecified atom stereocenters. The zero-order valence-electron chi connectivity index (χ0n) is 18.5. The summed E-state index contributed by atoms with van der Waals surface area (Å²) in [4.78, 5) is 16.0. The molecule has 0 saturated heterocycles. The number of rotatable bonds is 10. The molecular formula is C22H26N4O8S. The van der Waals surface area contributed by atoms with Crippen LogP contribution in [-0.2, 0) is 21.7 Å². The van der Waals surface area contributed by atoms with E-state index in [0.29, 0.717) is 11.1 Å². The molecule has 0 aliphatic heterocycles. The third kappa shape index (κ3) is 6.58. The van der Waals surface area contributed by atoms with Crippen LogP contribution < -0.4 is 16.4 Å². The first-order chi connectivity index (χ1) is 16.3. The minimum atomic E-state index is -2.91. The lowest BCUT2D eigenvalue weighted by Gasteiger charge is -2.36. The number of nitrogen functional groups attached to an aromatic ring is 1. The maximum absolute atomic E-state index is 12.3. The highest BCUT2D eigenvalue weighted by Crippen LogP contribution is 2.28. The van der Waals surface area contributed by atoms with Crippen molar-refractivity contribution in [2.45, 2.75) is 30.1 Å². The molecule has 0 aliphatic carbocycles. The Hall–Kier alpha value is -2.98. The predicted molar refractivity (Wildman–Crippen MR) is 125 cm³/mol. The number of hydrogen-bond donors (Lipinski definition) is 9. The fraction of sp³-hybridized carbons (Fsp3) is 0.273. The molecule has 1 aromatic heterocycles. The number of hydrogen-bond acceptors (Lipinski definition) is 12. The normalized spacial score (nSPS) is 13.5. The van der Waals surface area contributed by atoms with Crippen molar-refractivity contribution in [2.24, 2.45) is 0 Å². The van der Waals surface area contributed by atoms with Crippen LogP contribution >= 0.6 is 11.3 Å². The molecule has 188 valence electrons. The van der Waals surface area contributed by atoms with Gasteiger partial charge < -0.3 is 46.4 Å². The average molecular weight is 507 g/mol. The molecule has 1 atom stereocenters. The maximum atomic E-state index is 12.3. The van der Waals surface area contributed by atoms with Crippen molar-refractivity contribution in [3.63, 3.8) is 0 Å². The van der Waals surface area contributed by atoms with Crippen molar-refractivity contribution in [1.29, 1.82) is 0 Å². The van der Waals surface area contributed by atoms with Crippen LogP contribution in [0.25, 0.3) is 0 Å². The predicted octanol–water partition coefficient (Wildman–Crippen LogP) is -0.702. The van der Waals surface area contributed by atoms with E-state index in [2.05, 4.69) is 10.3 Å². The second-order valence-electron chi connectivity index (χ2n) is 7.77. The topological polar surface area (TPSA) is 211 Å². The Balaban J connectivity index is 1.65. The van der Waals surface area contributed by atoms with Crippen molar-refractivity contribution in [1.82, 2.24) is 10.3 Å². The summed E-state index contributed by atoms with van der Waals surface area (Å²) in [5, 5.41) is 67.4. The van der Waals surface area contributed by atoms with Crippen LogP contribution in [0.5, 0.6) is 0 Å². The number of nitrogens with one attached hydrogen (secondary N) is 2. The Morgan fingerprint density at radius 2 is 1.69 bits per heavy atom. The largest absolute Gasteiger partial charge is 0.375 e. The first-order valence-corrected chi connectivity index (χ1v) is 11.1. The number of ether oxygens (including phenoxy) is 1. The first-order valence-electron chi connectivity index (χ1n) is 10.2. The van der Waals surface area contributed by atoms with Gasteiger partial charge in [0.15, 0.2) is 11.2 Å². The van der Waals surface area contributed by atoms with Crippen molar-refractivity contribution in [3.05, 3.63) is 76.8 Å². The van der Waals surface area contributed by atoms with E-state index in [1.807, 2.05) is 5.32 Å². The Kier molecular flexibility index (Phi) is 7.86. The lowest BCUT2D eigenvalue weighted by molar-refractivity contribution is -0.320. The number of nitrogens with two attached hydrogens (primary N) is 1. The summed E-state index contributed by atoms with van der Waals surface area (Å²) in [7, 11) is 1.24. The van der Waals surface area contributed by atoms with Gasteiger partial charge in [-0.2, -0.15) is 0 Å². The second kappa shape index (κ2) is 10.3. The molecule has 0 aliphatic rings. The standard InChI is InChI=1S/C22H26N4O8S/c1-34-17(14-5-3-2-4-6-14)22(32,33)26-20(28,29)11-13-7-9-15(10-8-13)24-18(27)21(30,31)16-12-35-19(23)25-16/h2-10,12,17,26,28-33H,11H2,1H3,(H2,23,25)(H,24,27). The lowest BCUT2D eigenvalue weighted by atomic mass is 10.0. The summed E-state index contributed by atoms with van der Waals surface area (Å²) in [6, 6.07) is 13.8.